The maximum atomic E-state index is 11.8. The van der Waals surface area contributed by atoms with Crippen molar-refractivity contribution in [1.82, 2.24) is 5.32 Å². The van der Waals surface area contributed by atoms with Gasteiger partial charge in [-0.2, -0.15) is 0 Å². The van der Waals surface area contributed by atoms with Gasteiger partial charge in [0.25, 0.3) is 0 Å². The quantitative estimate of drug-likeness (QED) is 0.147. The molecule has 0 aromatic heterocycles. The minimum absolute atomic E-state index is 0.00275. The van der Waals surface area contributed by atoms with Gasteiger partial charge < -0.3 is 40.5 Å². The summed E-state index contributed by atoms with van der Waals surface area (Å²) in [5.41, 5.74) is 18.1. The maximum absolute atomic E-state index is 11.8. The topological polar surface area (TPSA) is 144 Å². The number of anilines is 1. The largest absolute Gasteiger partial charge is 0.495 e. The molecular formula is C36H39N3O7. The van der Waals surface area contributed by atoms with Gasteiger partial charge in [-0.1, -0.05) is 66.7 Å². The van der Waals surface area contributed by atoms with Crippen molar-refractivity contribution < 1.29 is 33.3 Å². The monoisotopic (exact) mass is 625 g/mol. The minimum atomic E-state index is -0.759. The lowest BCUT2D eigenvalue weighted by Gasteiger charge is -2.15. The summed E-state index contributed by atoms with van der Waals surface area (Å²) in [7, 11) is 6.36. The zero-order valence-electron chi connectivity index (χ0n) is 26.5. The van der Waals surface area contributed by atoms with Gasteiger partial charge in [-0.25, -0.2) is 4.79 Å². The van der Waals surface area contributed by atoms with Gasteiger partial charge in [-0.05, 0) is 64.6 Å². The first-order chi connectivity index (χ1) is 22.2. The third-order valence-electron chi connectivity index (χ3n) is 7.51. The van der Waals surface area contributed by atoms with Gasteiger partial charge in [-0.3, -0.25) is 4.79 Å². The molecule has 4 aromatic carbocycles. The Morgan fingerprint density at radius 2 is 1.30 bits per heavy atom. The van der Waals surface area contributed by atoms with Gasteiger partial charge in [0.1, 0.15) is 18.4 Å². The van der Waals surface area contributed by atoms with E-state index in [4.69, 9.17) is 35.2 Å². The lowest BCUT2D eigenvalue weighted by atomic mass is 9.98. The van der Waals surface area contributed by atoms with Gasteiger partial charge in [-0.15, -0.1) is 0 Å². The van der Waals surface area contributed by atoms with E-state index in [9.17, 15) is 9.59 Å². The van der Waals surface area contributed by atoms with E-state index in [2.05, 4.69) is 17.4 Å². The number of benzene rings is 4. The van der Waals surface area contributed by atoms with Crippen LogP contribution >= 0.6 is 0 Å². The molecule has 1 atom stereocenters. The van der Waals surface area contributed by atoms with Crippen LogP contribution in [0.15, 0.2) is 78.9 Å². The number of primary amides is 1. The number of hydrogen-bond acceptors (Lipinski definition) is 8. The number of nitrogen functional groups attached to an aromatic ring is 1. The number of rotatable bonds is 10. The molecule has 10 nitrogen and oxygen atoms in total. The fourth-order valence-corrected chi connectivity index (χ4v) is 5.13. The number of nitrogens with one attached hydrogen (secondary N) is 1. The number of fused-ring (bicyclic) bond motifs is 3. The van der Waals surface area contributed by atoms with Crippen LogP contribution in [0.4, 0.5) is 10.5 Å². The molecule has 46 heavy (non-hydrogen) atoms. The van der Waals surface area contributed by atoms with Crippen molar-refractivity contribution in [2.24, 2.45) is 5.73 Å². The van der Waals surface area contributed by atoms with E-state index >= 15 is 0 Å². The van der Waals surface area contributed by atoms with Crippen molar-refractivity contribution in [1.29, 1.82) is 0 Å². The van der Waals surface area contributed by atoms with Crippen LogP contribution in [0.5, 0.6) is 23.0 Å². The van der Waals surface area contributed by atoms with E-state index < -0.39 is 18.0 Å². The predicted octanol–water partition coefficient (Wildman–Crippen LogP) is 5.87. The predicted molar refractivity (Wildman–Crippen MR) is 179 cm³/mol. The molecule has 5 N–H and O–H groups in total. The fraction of sp³-hybridized carbons (Fsp3) is 0.222. The number of amides is 2. The average molecular weight is 626 g/mol. The Morgan fingerprint density at radius 1 is 0.761 bits per heavy atom. The summed E-state index contributed by atoms with van der Waals surface area (Å²) in [5, 5.41) is 2.42. The number of carbonyl (C=O) groups is 2. The molecule has 1 aliphatic rings. The normalized spacial score (nSPS) is 12.2. The van der Waals surface area contributed by atoms with Crippen LogP contribution in [-0.2, 0) is 9.53 Å². The average Bonchev–Trinajstić information content (AvgIpc) is 3.39. The number of methoxy groups -OCH3 is 4. The van der Waals surface area contributed by atoms with Crippen molar-refractivity contribution in [2.75, 3.05) is 40.8 Å². The molecule has 10 heteroatoms. The molecule has 4 aromatic rings. The first-order valence-corrected chi connectivity index (χ1v) is 14.5. The second kappa shape index (κ2) is 15.4. The second-order valence-corrected chi connectivity index (χ2v) is 10.4. The Balaban J connectivity index is 0.000000209. The molecule has 0 radical (unpaired) electrons. The lowest BCUT2D eigenvalue weighted by molar-refractivity contribution is -0.119. The summed E-state index contributed by atoms with van der Waals surface area (Å²) < 4.78 is 26.5. The van der Waals surface area contributed by atoms with Crippen molar-refractivity contribution >= 4 is 29.8 Å². The Labute approximate surface area is 268 Å². The Kier molecular flexibility index (Phi) is 11.1. The summed E-state index contributed by atoms with van der Waals surface area (Å²) in [6.45, 7) is 1.73. The standard InChI is InChI=1S/C18H18N2O3.C18H21NO4/c1-11(17(19)21)20-18(22)23-10-16-14-8-4-2-6-12(14)13-7-3-5-9-15(13)16;1-20-15-8-7-12(9-14(15)19)5-6-13-10-16(21-2)18(23-4)17(11-13)22-3/h2-9,11,16H,10H2,1H3,(H2,19,21)(H,20,22);5-11H,19H2,1-4H3/b;6-5-/t11-;/m0./s1. The summed E-state index contributed by atoms with van der Waals surface area (Å²) in [4.78, 5) is 22.8. The highest BCUT2D eigenvalue weighted by atomic mass is 16.5. The zero-order chi connectivity index (χ0) is 33.2. The molecule has 0 saturated heterocycles. The zero-order valence-corrected chi connectivity index (χ0v) is 26.5. The van der Waals surface area contributed by atoms with E-state index in [0.717, 1.165) is 22.3 Å². The van der Waals surface area contributed by atoms with Crippen molar-refractivity contribution in [2.45, 2.75) is 18.9 Å². The fourth-order valence-electron chi connectivity index (χ4n) is 5.13. The first-order valence-electron chi connectivity index (χ1n) is 14.5. The number of hydrogen-bond donors (Lipinski definition) is 3. The molecule has 5 rings (SSSR count). The van der Waals surface area contributed by atoms with Crippen LogP contribution in [-0.4, -0.2) is 53.1 Å². The Bertz CT molecular complexity index is 1650. The lowest BCUT2D eigenvalue weighted by Crippen LogP contribution is -2.42. The molecular weight excluding hydrogens is 586 g/mol. The minimum Gasteiger partial charge on any atom is -0.495 e. The highest BCUT2D eigenvalue weighted by Gasteiger charge is 2.29. The van der Waals surface area contributed by atoms with Crippen molar-refractivity contribution in [3.63, 3.8) is 0 Å². The molecule has 0 unspecified atom stereocenters. The van der Waals surface area contributed by atoms with Crippen LogP contribution in [0, 0.1) is 0 Å². The molecule has 0 spiro atoms. The summed E-state index contributed by atoms with van der Waals surface area (Å²) in [6, 6.07) is 24.8. The van der Waals surface area contributed by atoms with E-state index in [1.165, 1.54) is 18.1 Å². The number of carbonyl (C=O) groups excluding carboxylic acids is 2. The number of ether oxygens (including phenoxy) is 5. The molecule has 0 fully saturated rings. The second-order valence-electron chi connectivity index (χ2n) is 10.4. The summed E-state index contributed by atoms with van der Waals surface area (Å²) in [6.07, 6.45) is 3.26. The highest BCUT2D eigenvalue weighted by Crippen LogP contribution is 2.44. The smallest absolute Gasteiger partial charge is 0.407 e. The van der Waals surface area contributed by atoms with Gasteiger partial charge >= 0.3 is 6.09 Å². The van der Waals surface area contributed by atoms with E-state index in [1.807, 2.05) is 78.9 Å². The van der Waals surface area contributed by atoms with E-state index in [0.29, 0.717) is 28.7 Å². The Morgan fingerprint density at radius 3 is 1.80 bits per heavy atom. The molecule has 0 aliphatic heterocycles. The van der Waals surface area contributed by atoms with Gasteiger partial charge in [0, 0.05) is 5.92 Å². The third-order valence-corrected chi connectivity index (χ3v) is 7.51. The number of nitrogens with two attached hydrogens (primary N) is 2. The van der Waals surface area contributed by atoms with Crippen LogP contribution in [0.2, 0.25) is 0 Å². The summed E-state index contributed by atoms with van der Waals surface area (Å²) >= 11 is 0. The van der Waals surface area contributed by atoms with E-state index in [-0.39, 0.29) is 12.5 Å². The SMILES string of the molecule is COc1ccc(/C=C\c2cc(OC)c(OC)c(OC)c2)cc1N.C[C@H](NC(=O)OCC1c2ccccc2-c2ccccc21)C(N)=O. The van der Waals surface area contributed by atoms with Crippen LogP contribution in [0.25, 0.3) is 23.3 Å². The first kappa shape index (κ1) is 33.3. The third kappa shape index (κ3) is 7.71. The van der Waals surface area contributed by atoms with Crippen LogP contribution in [0.1, 0.15) is 35.1 Å². The van der Waals surface area contributed by atoms with Crippen molar-refractivity contribution in [3.8, 4) is 34.1 Å². The molecule has 0 bridgehead atoms. The van der Waals surface area contributed by atoms with Gasteiger partial charge in [0.2, 0.25) is 11.7 Å². The molecule has 2 amide bonds. The van der Waals surface area contributed by atoms with Gasteiger partial charge in [0.15, 0.2) is 11.5 Å². The van der Waals surface area contributed by atoms with E-state index in [1.54, 1.807) is 28.4 Å². The molecule has 0 saturated carbocycles. The Hall–Kier alpha value is -5.64. The molecule has 1 aliphatic carbocycles. The molecule has 240 valence electrons. The van der Waals surface area contributed by atoms with Crippen molar-refractivity contribution in [3.05, 3.63) is 101 Å². The maximum Gasteiger partial charge on any atom is 0.407 e. The van der Waals surface area contributed by atoms with Gasteiger partial charge in [0.05, 0.1) is 34.1 Å². The highest BCUT2D eigenvalue weighted by molar-refractivity contribution is 5.84. The number of alkyl carbamates (subject to hydrolysis) is 1. The summed E-state index contributed by atoms with van der Waals surface area (Å²) in [5.74, 6) is 1.85. The van der Waals surface area contributed by atoms with Crippen LogP contribution < -0.4 is 35.7 Å². The molecule has 0 heterocycles. The van der Waals surface area contributed by atoms with Crippen LogP contribution in [0.3, 0.4) is 0 Å².